The van der Waals surface area contributed by atoms with E-state index in [-0.39, 0.29) is 12.5 Å². The first-order valence-electron chi connectivity index (χ1n) is 6.50. The van der Waals surface area contributed by atoms with Crippen molar-refractivity contribution in [3.63, 3.8) is 0 Å². The highest BCUT2D eigenvalue weighted by molar-refractivity contribution is 9.11. The number of halogens is 3. The lowest BCUT2D eigenvalue weighted by Gasteiger charge is -2.11. The summed E-state index contributed by atoms with van der Waals surface area (Å²) in [5.74, 6) is 0.346. The first-order chi connectivity index (χ1) is 9.79. The molecule has 0 fully saturated rings. The fourth-order valence-electron chi connectivity index (χ4n) is 1.71. The Morgan fingerprint density at radius 3 is 2.33 bits per heavy atom. The molecule has 116 valence electrons. The Bertz CT molecular complexity index is 521. The van der Waals surface area contributed by atoms with Crippen LogP contribution in [0.5, 0.6) is 0 Å². The smallest absolute Gasteiger partial charge is 0.259 e. The number of nitrogens with one attached hydrogen (secondary N) is 2. The van der Waals surface area contributed by atoms with Crippen LogP contribution in [0.1, 0.15) is 27.2 Å². The Morgan fingerprint density at radius 2 is 1.81 bits per heavy atom. The number of anilines is 1. The molecule has 0 saturated heterocycles. The lowest BCUT2D eigenvalue weighted by atomic mass is 10.1. The van der Waals surface area contributed by atoms with Gasteiger partial charge in [0.05, 0.1) is 12.2 Å². The van der Waals surface area contributed by atoms with Gasteiger partial charge in [0.2, 0.25) is 0 Å². The molecular formula is C14H18Br3N3O. The van der Waals surface area contributed by atoms with Crippen molar-refractivity contribution in [2.24, 2.45) is 11.0 Å². The van der Waals surface area contributed by atoms with Gasteiger partial charge in [0.15, 0.2) is 0 Å². The largest absolute Gasteiger partial charge is 0.374 e. The highest BCUT2D eigenvalue weighted by Crippen LogP contribution is 2.34. The molecule has 0 saturated carbocycles. The van der Waals surface area contributed by atoms with Gasteiger partial charge >= 0.3 is 0 Å². The molecule has 0 heterocycles. The molecule has 0 aromatic heterocycles. The van der Waals surface area contributed by atoms with Gasteiger partial charge in [-0.05, 0) is 63.3 Å². The number of rotatable bonds is 6. The third-order valence-corrected chi connectivity index (χ3v) is 4.22. The molecule has 0 unspecified atom stereocenters. The molecule has 7 heteroatoms. The summed E-state index contributed by atoms with van der Waals surface area (Å²) in [6.45, 7) is 6.29. The van der Waals surface area contributed by atoms with E-state index in [0.29, 0.717) is 5.92 Å². The molecule has 1 aromatic carbocycles. The number of carbonyl (C=O) groups is 1. The second kappa shape index (κ2) is 8.90. The highest BCUT2D eigenvalue weighted by atomic mass is 79.9. The molecule has 21 heavy (non-hydrogen) atoms. The van der Waals surface area contributed by atoms with E-state index in [0.717, 1.165) is 31.2 Å². The molecule has 0 atom stereocenters. The fraction of sp³-hybridized carbons (Fsp3) is 0.429. The Morgan fingerprint density at radius 1 is 1.24 bits per heavy atom. The summed E-state index contributed by atoms with van der Waals surface area (Å²) in [6.07, 6.45) is 0.873. The highest BCUT2D eigenvalue weighted by Gasteiger charge is 2.08. The van der Waals surface area contributed by atoms with Crippen LogP contribution in [-0.2, 0) is 4.79 Å². The van der Waals surface area contributed by atoms with Gasteiger partial charge in [-0.25, -0.2) is 5.43 Å². The topological polar surface area (TPSA) is 53.5 Å². The molecule has 4 nitrogen and oxygen atoms in total. The summed E-state index contributed by atoms with van der Waals surface area (Å²) < 4.78 is 2.69. The zero-order valence-corrected chi connectivity index (χ0v) is 16.9. The van der Waals surface area contributed by atoms with E-state index < -0.39 is 0 Å². The predicted octanol–water partition coefficient (Wildman–Crippen LogP) is 4.92. The molecule has 0 radical (unpaired) electrons. The van der Waals surface area contributed by atoms with Crippen LogP contribution in [0.25, 0.3) is 0 Å². The first-order valence-corrected chi connectivity index (χ1v) is 8.88. The molecule has 1 aromatic rings. The van der Waals surface area contributed by atoms with Crippen LogP contribution in [0.3, 0.4) is 0 Å². The third-order valence-electron chi connectivity index (χ3n) is 2.51. The van der Waals surface area contributed by atoms with Gasteiger partial charge in [0, 0.05) is 19.1 Å². The van der Waals surface area contributed by atoms with Crippen molar-refractivity contribution < 1.29 is 4.79 Å². The SMILES string of the molecule is CC(CC(C)C)=NNC(=O)CNc1c(Br)cc(Br)cc1Br. The van der Waals surface area contributed by atoms with Crippen LogP contribution in [0, 0.1) is 5.92 Å². The summed E-state index contributed by atoms with van der Waals surface area (Å²) >= 11 is 10.3. The molecule has 0 spiro atoms. The fourth-order valence-corrected chi connectivity index (χ4v) is 4.25. The maximum atomic E-state index is 11.8. The minimum Gasteiger partial charge on any atom is -0.374 e. The van der Waals surface area contributed by atoms with Crippen LogP contribution in [0.15, 0.2) is 30.7 Å². The lowest BCUT2D eigenvalue weighted by molar-refractivity contribution is -0.119. The van der Waals surface area contributed by atoms with E-state index in [1.54, 1.807) is 0 Å². The number of hydrogen-bond donors (Lipinski definition) is 2. The quantitative estimate of drug-likeness (QED) is 0.445. The van der Waals surface area contributed by atoms with E-state index in [9.17, 15) is 4.79 Å². The number of amides is 1. The molecule has 0 aliphatic rings. The number of hydrogen-bond acceptors (Lipinski definition) is 3. The zero-order valence-electron chi connectivity index (χ0n) is 12.1. The zero-order chi connectivity index (χ0) is 16.0. The molecule has 1 rings (SSSR count). The van der Waals surface area contributed by atoms with Gasteiger partial charge in [-0.3, -0.25) is 4.79 Å². The second-order valence-electron chi connectivity index (χ2n) is 5.08. The third kappa shape index (κ3) is 6.93. The van der Waals surface area contributed by atoms with Gasteiger partial charge in [-0.2, -0.15) is 5.10 Å². The Balaban J connectivity index is 2.54. The first kappa shape index (κ1) is 18.6. The van der Waals surface area contributed by atoms with E-state index in [1.807, 2.05) is 19.1 Å². The lowest BCUT2D eigenvalue weighted by Crippen LogP contribution is -2.27. The van der Waals surface area contributed by atoms with Gasteiger partial charge in [-0.15, -0.1) is 0 Å². The van der Waals surface area contributed by atoms with Crippen LogP contribution in [0.2, 0.25) is 0 Å². The summed E-state index contributed by atoms with van der Waals surface area (Å²) in [7, 11) is 0. The minimum absolute atomic E-state index is 0.150. The number of carbonyl (C=O) groups excluding carboxylic acids is 1. The Hall–Kier alpha value is -0.400. The van der Waals surface area contributed by atoms with Gasteiger partial charge < -0.3 is 5.32 Å². The van der Waals surface area contributed by atoms with Crippen molar-refractivity contribution in [3.8, 4) is 0 Å². The van der Waals surface area contributed by atoms with Crippen molar-refractivity contribution in [3.05, 3.63) is 25.6 Å². The van der Waals surface area contributed by atoms with Crippen LogP contribution < -0.4 is 10.7 Å². The van der Waals surface area contributed by atoms with Crippen molar-refractivity contribution in [1.29, 1.82) is 0 Å². The monoisotopic (exact) mass is 481 g/mol. The van der Waals surface area contributed by atoms with Crippen molar-refractivity contribution in [1.82, 2.24) is 5.43 Å². The van der Waals surface area contributed by atoms with Crippen molar-refractivity contribution in [2.75, 3.05) is 11.9 Å². The average Bonchev–Trinajstić information content (AvgIpc) is 2.34. The number of hydrazone groups is 1. The molecule has 0 aliphatic carbocycles. The molecule has 0 bridgehead atoms. The Kier molecular flexibility index (Phi) is 7.90. The number of benzene rings is 1. The number of nitrogens with zero attached hydrogens (tertiary/aromatic N) is 1. The summed E-state index contributed by atoms with van der Waals surface area (Å²) in [6, 6.07) is 3.83. The summed E-state index contributed by atoms with van der Waals surface area (Å²) in [5, 5.41) is 7.16. The van der Waals surface area contributed by atoms with Gasteiger partial charge in [-0.1, -0.05) is 29.8 Å². The molecule has 1 amide bonds. The average molecular weight is 484 g/mol. The standard InChI is InChI=1S/C14H18Br3N3O/c1-8(2)4-9(3)19-20-13(21)7-18-14-11(16)5-10(15)6-12(14)17/h5-6,8,18H,4,7H2,1-3H3,(H,20,21). The normalized spacial score (nSPS) is 11.7. The molecule has 2 N–H and O–H groups in total. The van der Waals surface area contributed by atoms with Crippen molar-refractivity contribution in [2.45, 2.75) is 27.2 Å². The minimum atomic E-state index is -0.181. The predicted molar refractivity (Wildman–Crippen MR) is 98.7 cm³/mol. The van der Waals surface area contributed by atoms with E-state index in [1.165, 1.54) is 0 Å². The maximum absolute atomic E-state index is 11.8. The van der Waals surface area contributed by atoms with E-state index >= 15 is 0 Å². The molecular weight excluding hydrogens is 466 g/mol. The van der Waals surface area contributed by atoms with Crippen LogP contribution in [-0.4, -0.2) is 18.2 Å². The summed E-state index contributed by atoms with van der Waals surface area (Å²) in [4.78, 5) is 11.8. The van der Waals surface area contributed by atoms with Crippen LogP contribution in [0.4, 0.5) is 5.69 Å². The van der Waals surface area contributed by atoms with Crippen LogP contribution >= 0.6 is 47.8 Å². The van der Waals surface area contributed by atoms with E-state index in [4.69, 9.17) is 0 Å². The van der Waals surface area contributed by atoms with Gasteiger partial charge in [0.1, 0.15) is 0 Å². The van der Waals surface area contributed by atoms with E-state index in [2.05, 4.69) is 77.5 Å². The summed E-state index contributed by atoms with van der Waals surface area (Å²) in [5.41, 5.74) is 4.31. The van der Waals surface area contributed by atoms with Crippen molar-refractivity contribution >= 4 is 65.1 Å². The Labute approximate surface area is 150 Å². The molecule has 0 aliphatic heterocycles. The maximum Gasteiger partial charge on any atom is 0.259 e. The second-order valence-corrected chi connectivity index (χ2v) is 7.70. The van der Waals surface area contributed by atoms with Gasteiger partial charge in [0.25, 0.3) is 5.91 Å².